The number of carboxylic acid groups (broad SMARTS) is 1. The van der Waals surface area contributed by atoms with Crippen molar-refractivity contribution in [3.63, 3.8) is 0 Å². The number of benzene rings is 1. The van der Waals surface area contributed by atoms with E-state index >= 15 is 0 Å². The Kier molecular flexibility index (Phi) is 3.92. The summed E-state index contributed by atoms with van der Waals surface area (Å²) in [5, 5.41) is 11.2. The maximum absolute atomic E-state index is 13.6. The third-order valence-electron chi connectivity index (χ3n) is 2.90. The molecule has 1 unspecified atom stereocenters. The zero-order chi connectivity index (χ0) is 15.8. The molecule has 114 valence electrons. The Hall–Kier alpha value is -2.07. The van der Waals surface area contributed by atoms with E-state index in [0.29, 0.717) is 16.4 Å². The van der Waals surface area contributed by atoms with Gasteiger partial charge in [0, 0.05) is 6.54 Å². The predicted molar refractivity (Wildman–Crippen MR) is 64.7 cm³/mol. The van der Waals surface area contributed by atoms with E-state index in [4.69, 9.17) is 5.11 Å². The van der Waals surface area contributed by atoms with Gasteiger partial charge in [0.1, 0.15) is 22.6 Å². The first-order valence-electron chi connectivity index (χ1n) is 5.70. The molecule has 1 aliphatic rings. The number of halogens is 2. The zero-order valence-corrected chi connectivity index (χ0v) is 11.2. The van der Waals surface area contributed by atoms with E-state index in [1.165, 1.54) is 0 Å². The van der Waals surface area contributed by atoms with Crippen LogP contribution in [0.25, 0.3) is 0 Å². The Bertz CT molecular complexity index is 707. The van der Waals surface area contributed by atoms with Crippen LogP contribution in [0, 0.1) is 11.6 Å². The second-order valence-corrected chi connectivity index (χ2v) is 6.14. The third-order valence-corrected chi connectivity index (χ3v) is 4.77. The molecule has 1 amide bonds. The standard InChI is InChI=1S/C11H10F2N2O5S/c12-6-1-2-7(13)9(3-6)21(19,20)15-5-10(16)14-4-8(15)11(17)18/h1-3,8H,4-5H2,(H,14,16)(H,17,18). The second kappa shape index (κ2) is 5.37. The Morgan fingerprint density at radius 1 is 1.38 bits per heavy atom. The van der Waals surface area contributed by atoms with Crippen molar-refractivity contribution in [1.29, 1.82) is 0 Å². The van der Waals surface area contributed by atoms with Crippen LogP contribution in [0.15, 0.2) is 23.1 Å². The highest BCUT2D eigenvalue weighted by Crippen LogP contribution is 2.23. The van der Waals surface area contributed by atoms with Crippen molar-refractivity contribution < 1.29 is 31.9 Å². The largest absolute Gasteiger partial charge is 0.480 e. The normalized spacial score (nSPS) is 20.1. The molecular weight excluding hydrogens is 310 g/mol. The number of amides is 1. The highest BCUT2D eigenvalue weighted by molar-refractivity contribution is 7.89. The third kappa shape index (κ3) is 2.85. The van der Waals surface area contributed by atoms with Crippen molar-refractivity contribution in [3.05, 3.63) is 29.8 Å². The number of hydrogen-bond acceptors (Lipinski definition) is 4. The van der Waals surface area contributed by atoms with Gasteiger partial charge in [-0.15, -0.1) is 0 Å². The molecule has 1 aliphatic heterocycles. The number of sulfonamides is 1. The molecule has 10 heteroatoms. The molecule has 1 aromatic carbocycles. The molecule has 0 aliphatic carbocycles. The summed E-state index contributed by atoms with van der Waals surface area (Å²) in [5.41, 5.74) is 0. The highest BCUT2D eigenvalue weighted by Gasteiger charge is 2.41. The molecule has 1 saturated heterocycles. The van der Waals surface area contributed by atoms with Gasteiger partial charge in [-0.05, 0) is 18.2 Å². The fourth-order valence-corrected chi connectivity index (χ4v) is 3.50. The van der Waals surface area contributed by atoms with Gasteiger partial charge < -0.3 is 10.4 Å². The van der Waals surface area contributed by atoms with Gasteiger partial charge in [0.25, 0.3) is 0 Å². The van der Waals surface area contributed by atoms with Gasteiger partial charge in [0.2, 0.25) is 15.9 Å². The number of nitrogens with one attached hydrogen (secondary N) is 1. The lowest BCUT2D eigenvalue weighted by atomic mass is 10.2. The molecule has 0 radical (unpaired) electrons. The number of hydrogen-bond donors (Lipinski definition) is 2. The summed E-state index contributed by atoms with van der Waals surface area (Å²) in [5.74, 6) is -4.46. The first kappa shape index (κ1) is 15.3. The molecule has 7 nitrogen and oxygen atoms in total. The number of piperazine rings is 1. The van der Waals surface area contributed by atoms with Crippen molar-refractivity contribution in [2.45, 2.75) is 10.9 Å². The highest BCUT2D eigenvalue weighted by atomic mass is 32.2. The summed E-state index contributed by atoms with van der Waals surface area (Å²) in [6.07, 6.45) is 0. The van der Waals surface area contributed by atoms with Crippen molar-refractivity contribution >= 4 is 21.9 Å². The fraction of sp³-hybridized carbons (Fsp3) is 0.273. The Morgan fingerprint density at radius 3 is 2.67 bits per heavy atom. The van der Waals surface area contributed by atoms with Crippen LogP contribution in [0.3, 0.4) is 0 Å². The summed E-state index contributed by atoms with van der Waals surface area (Å²) < 4.78 is 51.7. The van der Waals surface area contributed by atoms with Crippen LogP contribution in [0.2, 0.25) is 0 Å². The lowest BCUT2D eigenvalue weighted by molar-refractivity contribution is -0.143. The van der Waals surface area contributed by atoms with E-state index < -0.39 is 57.6 Å². The average molecular weight is 320 g/mol. The molecule has 21 heavy (non-hydrogen) atoms. The number of carbonyl (C=O) groups excluding carboxylic acids is 1. The molecule has 1 fully saturated rings. The van der Waals surface area contributed by atoms with Gasteiger partial charge in [-0.1, -0.05) is 0 Å². The molecular formula is C11H10F2N2O5S. The second-order valence-electron chi connectivity index (χ2n) is 4.28. The van der Waals surface area contributed by atoms with Gasteiger partial charge in [0.15, 0.2) is 0 Å². The Morgan fingerprint density at radius 2 is 2.05 bits per heavy atom. The van der Waals surface area contributed by atoms with Crippen LogP contribution >= 0.6 is 0 Å². The minimum absolute atomic E-state index is 0.339. The van der Waals surface area contributed by atoms with Crippen LogP contribution in [0.1, 0.15) is 0 Å². The smallest absolute Gasteiger partial charge is 0.323 e. The summed E-state index contributed by atoms with van der Waals surface area (Å²) in [4.78, 5) is 21.4. The minimum atomic E-state index is -4.67. The Balaban J connectivity index is 2.52. The van der Waals surface area contributed by atoms with E-state index in [0.717, 1.165) is 6.07 Å². The number of carboxylic acids is 1. The van der Waals surface area contributed by atoms with Crippen LogP contribution < -0.4 is 5.32 Å². The molecule has 1 aromatic rings. The fourth-order valence-electron chi connectivity index (χ4n) is 1.88. The van der Waals surface area contributed by atoms with E-state index in [1.807, 2.05) is 0 Å². The number of rotatable bonds is 3. The lowest BCUT2D eigenvalue weighted by Gasteiger charge is -2.31. The number of carbonyl (C=O) groups is 2. The van der Waals surface area contributed by atoms with Gasteiger partial charge in [-0.25, -0.2) is 17.2 Å². The summed E-state index contributed by atoms with van der Waals surface area (Å²) >= 11 is 0. The van der Waals surface area contributed by atoms with Crippen LogP contribution in [-0.4, -0.2) is 48.8 Å². The van der Waals surface area contributed by atoms with E-state index in [1.54, 1.807) is 0 Å². The molecule has 0 spiro atoms. The monoisotopic (exact) mass is 320 g/mol. The van der Waals surface area contributed by atoms with Crippen LogP contribution in [0.5, 0.6) is 0 Å². The van der Waals surface area contributed by atoms with Crippen molar-refractivity contribution in [3.8, 4) is 0 Å². The van der Waals surface area contributed by atoms with Crippen LogP contribution in [-0.2, 0) is 19.6 Å². The maximum atomic E-state index is 13.6. The van der Waals surface area contributed by atoms with Gasteiger partial charge in [0.05, 0.1) is 6.54 Å². The molecule has 1 heterocycles. The SMILES string of the molecule is O=C1CN(S(=O)(=O)c2cc(F)ccc2F)C(C(=O)O)CN1. The van der Waals surface area contributed by atoms with Crippen molar-refractivity contribution in [2.24, 2.45) is 0 Å². The predicted octanol–water partition coefficient (Wildman–Crippen LogP) is -0.461. The van der Waals surface area contributed by atoms with Crippen molar-refractivity contribution in [2.75, 3.05) is 13.1 Å². The topological polar surface area (TPSA) is 104 Å². The first-order valence-corrected chi connectivity index (χ1v) is 7.14. The molecule has 0 saturated carbocycles. The zero-order valence-electron chi connectivity index (χ0n) is 10.4. The van der Waals surface area contributed by atoms with E-state index in [2.05, 4.69) is 5.32 Å². The summed E-state index contributed by atoms with van der Waals surface area (Å²) in [6, 6.07) is 0.194. The minimum Gasteiger partial charge on any atom is -0.480 e. The molecule has 0 bridgehead atoms. The average Bonchev–Trinajstić information content (AvgIpc) is 2.41. The van der Waals surface area contributed by atoms with Crippen molar-refractivity contribution in [1.82, 2.24) is 9.62 Å². The molecule has 1 atom stereocenters. The molecule has 2 rings (SSSR count). The maximum Gasteiger partial charge on any atom is 0.323 e. The molecule has 0 aromatic heterocycles. The van der Waals surface area contributed by atoms with Gasteiger partial charge in [-0.2, -0.15) is 4.31 Å². The first-order chi connectivity index (χ1) is 9.73. The van der Waals surface area contributed by atoms with E-state index in [9.17, 15) is 26.8 Å². The molecule has 2 N–H and O–H groups in total. The van der Waals surface area contributed by atoms with Gasteiger partial charge >= 0.3 is 5.97 Å². The summed E-state index contributed by atoms with van der Waals surface area (Å²) in [6.45, 7) is -1.24. The Labute approximate surface area is 118 Å². The number of nitrogens with zero attached hydrogens (tertiary/aromatic N) is 1. The van der Waals surface area contributed by atoms with Gasteiger partial charge in [-0.3, -0.25) is 9.59 Å². The number of aliphatic carboxylic acids is 1. The van der Waals surface area contributed by atoms with E-state index in [-0.39, 0.29) is 0 Å². The summed E-state index contributed by atoms with van der Waals surface area (Å²) in [7, 11) is -4.67. The van der Waals surface area contributed by atoms with Crippen LogP contribution in [0.4, 0.5) is 8.78 Å². The lowest BCUT2D eigenvalue weighted by Crippen LogP contribution is -2.59. The quantitative estimate of drug-likeness (QED) is 0.784.